The topological polar surface area (TPSA) is 52.0 Å². The van der Waals surface area contributed by atoms with Crippen molar-refractivity contribution in [1.82, 2.24) is 0 Å². The summed E-state index contributed by atoms with van der Waals surface area (Å²) in [7, 11) is 0. The van der Waals surface area contributed by atoms with Gasteiger partial charge in [-0.25, -0.2) is 0 Å². The zero-order chi connectivity index (χ0) is 12.0. The van der Waals surface area contributed by atoms with Gasteiger partial charge in [0.15, 0.2) is 0 Å². The molecule has 0 bridgehead atoms. The Morgan fingerprint density at radius 1 is 0.562 bits per heavy atom. The van der Waals surface area contributed by atoms with Crippen LogP contribution in [0.25, 0.3) is 0 Å². The number of benzene rings is 2. The minimum Gasteiger partial charge on any atom is -0.399 e. The van der Waals surface area contributed by atoms with Crippen LogP contribution in [-0.4, -0.2) is 0 Å². The Balaban J connectivity index is 0.000000160. The van der Waals surface area contributed by atoms with E-state index in [0.717, 1.165) is 11.4 Å². The quantitative estimate of drug-likeness (QED) is 0.662. The molecular formula is C14H18N2. The summed E-state index contributed by atoms with van der Waals surface area (Å²) in [5.41, 5.74) is 15.0. The zero-order valence-electron chi connectivity index (χ0n) is 9.77. The maximum Gasteiger partial charge on any atom is 0.0314 e. The van der Waals surface area contributed by atoms with E-state index in [4.69, 9.17) is 11.5 Å². The molecule has 0 saturated heterocycles. The van der Waals surface area contributed by atoms with Gasteiger partial charge in [0.1, 0.15) is 0 Å². The smallest absolute Gasteiger partial charge is 0.0314 e. The number of aryl methyl sites for hydroxylation is 2. The first-order chi connectivity index (χ1) is 7.58. The van der Waals surface area contributed by atoms with Gasteiger partial charge in [0, 0.05) is 11.4 Å². The number of nitrogen functional groups attached to an aromatic ring is 2. The second-order valence-corrected chi connectivity index (χ2v) is 3.82. The van der Waals surface area contributed by atoms with Crippen molar-refractivity contribution >= 4 is 11.4 Å². The van der Waals surface area contributed by atoms with Crippen molar-refractivity contribution in [3.8, 4) is 0 Å². The third-order valence-corrected chi connectivity index (χ3v) is 2.15. The van der Waals surface area contributed by atoms with Crippen LogP contribution in [0, 0.1) is 13.8 Å². The fourth-order valence-electron chi connectivity index (χ4n) is 1.13. The van der Waals surface area contributed by atoms with Crippen molar-refractivity contribution in [2.24, 2.45) is 0 Å². The second-order valence-electron chi connectivity index (χ2n) is 3.82. The van der Waals surface area contributed by atoms with E-state index in [1.165, 1.54) is 11.1 Å². The molecule has 16 heavy (non-hydrogen) atoms. The summed E-state index contributed by atoms with van der Waals surface area (Å²) in [5.74, 6) is 0. The fourth-order valence-corrected chi connectivity index (χ4v) is 1.13. The molecule has 4 N–H and O–H groups in total. The van der Waals surface area contributed by atoms with Crippen molar-refractivity contribution < 1.29 is 0 Å². The lowest BCUT2D eigenvalue weighted by Crippen LogP contribution is -1.81. The van der Waals surface area contributed by atoms with Crippen LogP contribution in [0.4, 0.5) is 11.4 Å². The number of rotatable bonds is 0. The third kappa shape index (κ3) is 4.51. The van der Waals surface area contributed by atoms with E-state index in [9.17, 15) is 0 Å². The Hall–Kier alpha value is -1.96. The molecule has 0 aliphatic rings. The highest BCUT2D eigenvalue weighted by Crippen LogP contribution is 2.02. The molecule has 0 aliphatic heterocycles. The van der Waals surface area contributed by atoms with Gasteiger partial charge in [0.05, 0.1) is 0 Å². The molecule has 2 heteroatoms. The van der Waals surface area contributed by atoms with Gasteiger partial charge in [-0.05, 0) is 38.1 Å². The van der Waals surface area contributed by atoms with Gasteiger partial charge in [-0.1, -0.05) is 35.4 Å². The van der Waals surface area contributed by atoms with Gasteiger partial charge < -0.3 is 11.5 Å². The first kappa shape index (κ1) is 12.1. The maximum absolute atomic E-state index is 5.43. The van der Waals surface area contributed by atoms with E-state index in [0.29, 0.717) is 0 Å². The lowest BCUT2D eigenvalue weighted by Gasteiger charge is -1.90. The van der Waals surface area contributed by atoms with Gasteiger partial charge in [-0.15, -0.1) is 0 Å². The Bertz CT molecular complexity index is 330. The molecule has 0 saturated carbocycles. The first-order valence-corrected chi connectivity index (χ1v) is 5.22. The highest BCUT2D eigenvalue weighted by molar-refractivity contribution is 5.39. The zero-order valence-corrected chi connectivity index (χ0v) is 9.77. The average molecular weight is 214 g/mol. The second kappa shape index (κ2) is 5.81. The molecule has 2 rings (SSSR count). The number of anilines is 2. The summed E-state index contributed by atoms with van der Waals surface area (Å²) in [5, 5.41) is 0. The standard InChI is InChI=1S/2C7H9N/c2*1-6-2-4-7(8)5-3-6/h2*2-5H,8H2,1H3. The van der Waals surface area contributed by atoms with Crippen molar-refractivity contribution in [2.75, 3.05) is 11.5 Å². The lowest BCUT2D eigenvalue weighted by molar-refractivity contribution is 1.47. The summed E-state index contributed by atoms with van der Waals surface area (Å²) in [6, 6.07) is 15.6. The van der Waals surface area contributed by atoms with Crippen LogP contribution in [0.1, 0.15) is 11.1 Å². The number of hydrogen-bond acceptors (Lipinski definition) is 2. The van der Waals surface area contributed by atoms with E-state index < -0.39 is 0 Å². The molecule has 0 amide bonds. The molecule has 0 heterocycles. The predicted octanol–water partition coefficient (Wildman–Crippen LogP) is 3.15. The summed E-state index contributed by atoms with van der Waals surface area (Å²) in [4.78, 5) is 0. The van der Waals surface area contributed by atoms with Crippen molar-refractivity contribution in [3.05, 3.63) is 59.7 Å². The van der Waals surface area contributed by atoms with E-state index in [-0.39, 0.29) is 0 Å². The van der Waals surface area contributed by atoms with Gasteiger partial charge >= 0.3 is 0 Å². The van der Waals surface area contributed by atoms with Crippen LogP contribution < -0.4 is 11.5 Å². The molecule has 0 aliphatic carbocycles. The van der Waals surface area contributed by atoms with E-state index in [1.807, 2.05) is 62.4 Å². The lowest BCUT2D eigenvalue weighted by atomic mass is 10.2. The van der Waals surface area contributed by atoms with Crippen LogP contribution in [0.3, 0.4) is 0 Å². The largest absolute Gasteiger partial charge is 0.399 e. The Kier molecular flexibility index (Phi) is 4.40. The molecule has 84 valence electrons. The first-order valence-electron chi connectivity index (χ1n) is 5.22. The van der Waals surface area contributed by atoms with Crippen LogP contribution >= 0.6 is 0 Å². The van der Waals surface area contributed by atoms with Crippen LogP contribution in [0.2, 0.25) is 0 Å². The summed E-state index contributed by atoms with van der Waals surface area (Å²) in [6.07, 6.45) is 0. The minimum atomic E-state index is 0.829. The molecular weight excluding hydrogens is 196 g/mol. The SMILES string of the molecule is Cc1ccc(N)cc1.Cc1ccc(N)cc1. The van der Waals surface area contributed by atoms with Gasteiger partial charge in [0.25, 0.3) is 0 Å². The molecule has 2 aromatic carbocycles. The Morgan fingerprint density at radius 3 is 1.00 bits per heavy atom. The summed E-state index contributed by atoms with van der Waals surface area (Å²) >= 11 is 0. The molecule has 2 aromatic rings. The predicted molar refractivity (Wildman–Crippen MR) is 71.2 cm³/mol. The normalized spacial score (nSPS) is 9.12. The van der Waals surface area contributed by atoms with Crippen LogP contribution in [0.15, 0.2) is 48.5 Å². The van der Waals surface area contributed by atoms with E-state index in [2.05, 4.69) is 0 Å². The number of nitrogens with two attached hydrogens (primary N) is 2. The maximum atomic E-state index is 5.43. The van der Waals surface area contributed by atoms with Crippen molar-refractivity contribution in [2.45, 2.75) is 13.8 Å². The monoisotopic (exact) mass is 214 g/mol. The highest BCUT2D eigenvalue weighted by atomic mass is 14.5. The van der Waals surface area contributed by atoms with E-state index in [1.54, 1.807) is 0 Å². The van der Waals surface area contributed by atoms with Gasteiger partial charge in [-0.3, -0.25) is 0 Å². The van der Waals surface area contributed by atoms with Gasteiger partial charge in [-0.2, -0.15) is 0 Å². The van der Waals surface area contributed by atoms with Gasteiger partial charge in [0.2, 0.25) is 0 Å². The van der Waals surface area contributed by atoms with Crippen molar-refractivity contribution in [3.63, 3.8) is 0 Å². The number of hydrogen-bond donors (Lipinski definition) is 2. The van der Waals surface area contributed by atoms with Crippen molar-refractivity contribution in [1.29, 1.82) is 0 Å². The Labute approximate surface area is 96.9 Å². The summed E-state index contributed by atoms with van der Waals surface area (Å²) < 4.78 is 0. The molecule has 0 radical (unpaired) electrons. The third-order valence-electron chi connectivity index (χ3n) is 2.15. The molecule has 0 atom stereocenters. The minimum absolute atomic E-state index is 0.829. The van der Waals surface area contributed by atoms with Crippen LogP contribution in [0.5, 0.6) is 0 Å². The Morgan fingerprint density at radius 2 is 0.812 bits per heavy atom. The molecule has 0 fully saturated rings. The molecule has 0 spiro atoms. The van der Waals surface area contributed by atoms with E-state index >= 15 is 0 Å². The molecule has 0 aromatic heterocycles. The summed E-state index contributed by atoms with van der Waals surface area (Å²) in [6.45, 7) is 4.08. The molecule has 2 nitrogen and oxygen atoms in total. The fraction of sp³-hybridized carbons (Fsp3) is 0.143. The molecule has 0 unspecified atom stereocenters. The average Bonchev–Trinajstić information content (AvgIpc) is 2.28. The highest BCUT2D eigenvalue weighted by Gasteiger charge is 1.80. The van der Waals surface area contributed by atoms with Crippen LogP contribution in [-0.2, 0) is 0 Å².